The van der Waals surface area contributed by atoms with Gasteiger partial charge in [0.2, 0.25) is 0 Å². The third kappa shape index (κ3) is 1.61. The van der Waals surface area contributed by atoms with Crippen LogP contribution in [0, 0.1) is 5.92 Å². The lowest BCUT2D eigenvalue weighted by molar-refractivity contribution is 0.247. The first kappa shape index (κ1) is 9.85. The van der Waals surface area contributed by atoms with Crippen LogP contribution in [0.2, 0.25) is 5.02 Å². The highest BCUT2D eigenvalue weighted by Gasteiger charge is 2.25. The molecule has 0 N–H and O–H groups in total. The van der Waals surface area contributed by atoms with E-state index in [1.807, 2.05) is 12.1 Å². The molecule has 1 aliphatic heterocycles. The maximum atomic E-state index is 6.09. The van der Waals surface area contributed by atoms with Gasteiger partial charge in [0.25, 0.3) is 0 Å². The van der Waals surface area contributed by atoms with Gasteiger partial charge in [-0.2, -0.15) is 0 Å². The summed E-state index contributed by atoms with van der Waals surface area (Å²) in [6.07, 6.45) is 1.10. The highest BCUT2D eigenvalue weighted by molar-refractivity contribution is 6.32. The quantitative estimate of drug-likeness (QED) is 0.684. The molecular weight excluding hydrogens is 196 g/mol. The molecule has 1 heterocycles. The smallest absolute Gasteiger partial charge is 0.141 e. The molecular formula is C12H15ClO. The van der Waals surface area contributed by atoms with E-state index < -0.39 is 0 Å². The summed E-state index contributed by atoms with van der Waals surface area (Å²) in [5.41, 5.74) is 1.28. The Morgan fingerprint density at radius 1 is 1.43 bits per heavy atom. The van der Waals surface area contributed by atoms with E-state index >= 15 is 0 Å². The highest BCUT2D eigenvalue weighted by Crippen LogP contribution is 2.41. The first-order valence-electron chi connectivity index (χ1n) is 5.11. The molecule has 0 bridgehead atoms. The maximum Gasteiger partial charge on any atom is 0.141 e. The SMILES string of the molecule is CC(C)C1CCOc2c(Cl)cccc21. The lowest BCUT2D eigenvalue weighted by Gasteiger charge is -2.29. The van der Waals surface area contributed by atoms with Crippen LogP contribution < -0.4 is 4.74 Å². The summed E-state index contributed by atoms with van der Waals surface area (Å²) in [6.45, 7) is 5.29. The zero-order valence-electron chi connectivity index (χ0n) is 8.59. The Labute approximate surface area is 90.0 Å². The molecule has 1 aliphatic rings. The molecule has 2 rings (SSSR count). The molecule has 0 spiro atoms. The number of para-hydroxylation sites is 1. The van der Waals surface area contributed by atoms with Gasteiger partial charge in [-0.05, 0) is 29.9 Å². The van der Waals surface area contributed by atoms with E-state index in [1.165, 1.54) is 5.56 Å². The zero-order valence-corrected chi connectivity index (χ0v) is 9.34. The normalized spacial score (nSPS) is 20.4. The monoisotopic (exact) mass is 210 g/mol. The van der Waals surface area contributed by atoms with Gasteiger partial charge in [-0.25, -0.2) is 0 Å². The van der Waals surface area contributed by atoms with E-state index in [0.29, 0.717) is 11.8 Å². The van der Waals surface area contributed by atoms with E-state index in [4.69, 9.17) is 16.3 Å². The van der Waals surface area contributed by atoms with Crippen molar-refractivity contribution in [2.24, 2.45) is 5.92 Å². The second-order valence-electron chi connectivity index (χ2n) is 4.15. The first-order chi connectivity index (χ1) is 6.70. The van der Waals surface area contributed by atoms with Gasteiger partial charge in [-0.3, -0.25) is 0 Å². The summed E-state index contributed by atoms with van der Waals surface area (Å²) in [5.74, 6) is 2.15. The van der Waals surface area contributed by atoms with Crippen molar-refractivity contribution in [2.45, 2.75) is 26.2 Å². The highest BCUT2D eigenvalue weighted by atomic mass is 35.5. The van der Waals surface area contributed by atoms with Crippen molar-refractivity contribution < 1.29 is 4.74 Å². The third-order valence-electron chi connectivity index (χ3n) is 2.88. The number of fused-ring (bicyclic) bond motifs is 1. The Morgan fingerprint density at radius 3 is 2.93 bits per heavy atom. The topological polar surface area (TPSA) is 9.23 Å². The summed E-state index contributed by atoms with van der Waals surface area (Å²) < 4.78 is 5.60. The van der Waals surface area contributed by atoms with Crippen molar-refractivity contribution in [3.8, 4) is 5.75 Å². The number of hydrogen-bond donors (Lipinski definition) is 0. The molecule has 0 radical (unpaired) electrons. The van der Waals surface area contributed by atoms with E-state index in [9.17, 15) is 0 Å². The minimum Gasteiger partial charge on any atom is -0.492 e. The van der Waals surface area contributed by atoms with Crippen LogP contribution in [0.5, 0.6) is 5.75 Å². The van der Waals surface area contributed by atoms with Crippen molar-refractivity contribution in [2.75, 3.05) is 6.61 Å². The fourth-order valence-electron chi connectivity index (χ4n) is 2.11. The Kier molecular flexibility index (Phi) is 2.69. The Bertz CT molecular complexity index is 333. The van der Waals surface area contributed by atoms with Crippen LogP contribution in [0.15, 0.2) is 18.2 Å². The summed E-state index contributed by atoms with van der Waals surface area (Å²) in [7, 11) is 0. The molecule has 0 saturated heterocycles. The number of halogens is 1. The van der Waals surface area contributed by atoms with Crippen LogP contribution in [0.25, 0.3) is 0 Å². The molecule has 0 fully saturated rings. The average Bonchev–Trinajstić information content (AvgIpc) is 2.17. The van der Waals surface area contributed by atoms with Crippen LogP contribution in [0.1, 0.15) is 31.7 Å². The number of ether oxygens (including phenoxy) is 1. The van der Waals surface area contributed by atoms with Gasteiger partial charge in [0.05, 0.1) is 11.6 Å². The summed E-state index contributed by atoms with van der Waals surface area (Å²) in [5, 5.41) is 0.743. The summed E-state index contributed by atoms with van der Waals surface area (Å²) in [6, 6.07) is 6.03. The molecule has 0 aromatic heterocycles. The first-order valence-corrected chi connectivity index (χ1v) is 5.49. The fraction of sp³-hybridized carbons (Fsp3) is 0.500. The third-order valence-corrected chi connectivity index (χ3v) is 3.17. The van der Waals surface area contributed by atoms with Crippen molar-refractivity contribution in [3.05, 3.63) is 28.8 Å². The van der Waals surface area contributed by atoms with E-state index in [-0.39, 0.29) is 0 Å². The van der Waals surface area contributed by atoms with Crippen LogP contribution in [-0.2, 0) is 0 Å². The lowest BCUT2D eigenvalue weighted by Crippen LogP contribution is -2.18. The van der Waals surface area contributed by atoms with Gasteiger partial charge < -0.3 is 4.74 Å². The zero-order chi connectivity index (χ0) is 10.1. The number of rotatable bonds is 1. The van der Waals surface area contributed by atoms with Gasteiger partial charge >= 0.3 is 0 Å². The van der Waals surface area contributed by atoms with Crippen molar-refractivity contribution in [3.63, 3.8) is 0 Å². The minimum absolute atomic E-state index is 0.595. The van der Waals surface area contributed by atoms with E-state index in [1.54, 1.807) is 0 Å². The Morgan fingerprint density at radius 2 is 2.21 bits per heavy atom. The van der Waals surface area contributed by atoms with Gasteiger partial charge in [0, 0.05) is 0 Å². The van der Waals surface area contributed by atoms with Crippen molar-refractivity contribution in [1.82, 2.24) is 0 Å². The predicted octanol–water partition coefficient (Wildman–Crippen LogP) is 3.86. The Balaban J connectivity index is 2.44. The molecule has 76 valence electrons. The second kappa shape index (κ2) is 3.82. The molecule has 2 heteroatoms. The summed E-state index contributed by atoms with van der Waals surface area (Å²) in [4.78, 5) is 0. The second-order valence-corrected chi connectivity index (χ2v) is 4.55. The molecule has 1 atom stereocenters. The van der Waals surface area contributed by atoms with Crippen LogP contribution >= 0.6 is 11.6 Å². The molecule has 0 aliphatic carbocycles. The van der Waals surface area contributed by atoms with Crippen LogP contribution in [0.4, 0.5) is 0 Å². The molecule has 0 amide bonds. The largest absolute Gasteiger partial charge is 0.492 e. The van der Waals surface area contributed by atoms with E-state index in [2.05, 4.69) is 19.9 Å². The molecule has 1 aromatic rings. The molecule has 14 heavy (non-hydrogen) atoms. The van der Waals surface area contributed by atoms with Crippen molar-refractivity contribution in [1.29, 1.82) is 0 Å². The predicted molar refractivity (Wildman–Crippen MR) is 59.1 cm³/mol. The van der Waals surface area contributed by atoms with Crippen molar-refractivity contribution >= 4 is 11.6 Å². The van der Waals surface area contributed by atoms with Gasteiger partial charge in [-0.15, -0.1) is 0 Å². The lowest BCUT2D eigenvalue weighted by atomic mass is 9.84. The van der Waals surface area contributed by atoms with Crippen LogP contribution in [-0.4, -0.2) is 6.61 Å². The molecule has 1 aromatic carbocycles. The number of hydrogen-bond acceptors (Lipinski definition) is 1. The fourth-order valence-corrected chi connectivity index (χ4v) is 2.34. The minimum atomic E-state index is 0.595. The molecule has 1 nitrogen and oxygen atoms in total. The molecule has 1 unspecified atom stereocenters. The number of benzene rings is 1. The van der Waals surface area contributed by atoms with Crippen LogP contribution in [0.3, 0.4) is 0 Å². The summed E-state index contributed by atoms with van der Waals surface area (Å²) >= 11 is 6.09. The van der Waals surface area contributed by atoms with Gasteiger partial charge in [0.1, 0.15) is 5.75 Å². The van der Waals surface area contributed by atoms with Gasteiger partial charge in [-0.1, -0.05) is 37.6 Å². The van der Waals surface area contributed by atoms with Gasteiger partial charge in [0.15, 0.2) is 0 Å². The maximum absolute atomic E-state index is 6.09. The molecule has 0 saturated carbocycles. The standard InChI is InChI=1S/C12H15ClO/c1-8(2)9-6-7-14-12-10(9)4-3-5-11(12)13/h3-5,8-9H,6-7H2,1-2H3. The average molecular weight is 211 g/mol. The Hall–Kier alpha value is -0.690. The van der Waals surface area contributed by atoms with E-state index in [0.717, 1.165) is 23.8 Å².